The highest BCUT2D eigenvalue weighted by Crippen LogP contribution is 2.00. The molecule has 0 saturated heterocycles. The zero-order chi connectivity index (χ0) is 7.98. The van der Waals surface area contributed by atoms with Crippen molar-refractivity contribution in [1.29, 1.82) is 5.41 Å². The first-order chi connectivity index (χ1) is 4.76. The van der Waals surface area contributed by atoms with E-state index in [4.69, 9.17) is 5.41 Å². The third-order valence-corrected chi connectivity index (χ3v) is 1.19. The molecule has 0 heterocycles. The summed E-state index contributed by atoms with van der Waals surface area (Å²) in [6.07, 6.45) is 1.71. The second kappa shape index (κ2) is 4.97. The van der Waals surface area contributed by atoms with Crippen LogP contribution in [0.1, 0.15) is 13.3 Å². The molecule has 0 saturated carbocycles. The van der Waals surface area contributed by atoms with Crippen molar-refractivity contribution in [2.24, 2.45) is 5.92 Å². The Morgan fingerprint density at radius 2 is 2.50 bits per heavy atom. The van der Waals surface area contributed by atoms with Crippen LogP contribution in [0.2, 0.25) is 0 Å². The molecule has 0 aliphatic rings. The van der Waals surface area contributed by atoms with Gasteiger partial charge in [0, 0.05) is 6.21 Å². The average molecular weight is 142 g/mol. The van der Waals surface area contributed by atoms with Crippen molar-refractivity contribution in [2.45, 2.75) is 13.3 Å². The van der Waals surface area contributed by atoms with Gasteiger partial charge in [0.05, 0.1) is 12.5 Å². The third kappa shape index (κ3) is 2.62. The first-order valence-corrected chi connectivity index (χ1v) is 3.22. The maximum atomic E-state index is 10.8. The lowest BCUT2D eigenvalue weighted by Crippen LogP contribution is -2.17. The molecule has 0 bridgehead atoms. The van der Waals surface area contributed by atoms with E-state index in [9.17, 15) is 4.79 Å². The van der Waals surface area contributed by atoms with Crippen LogP contribution in [0.5, 0.6) is 0 Å². The monoisotopic (exact) mass is 142 g/mol. The minimum Gasteiger partial charge on any atom is -0.465 e. The van der Waals surface area contributed by atoms with E-state index in [-0.39, 0.29) is 18.5 Å². The van der Waals surface area contributed by atoms with Gasteiger partial charge in [-0.2, -0.15) is 0 Å². The van der Waals surface area contributed by atoms with E-state index in [1.165, 1.54) is 0 Å². The van der Waals surface area contributed by atoms with E-state index < -0.39 is 0 Å². The molecule has 10 heavy (non-hydrogen) atoms. The van der Waals surface area contributed by atoms with Crippen molar-refractivity contribution in [1.82, 2.24) is 0 Å². The van der Waals surface area contributed by atoms with Gasteiger partial charge in [0.25, 0.3) is 0 Å². The molecule has 0 fully saturated rings. The molecule has 0 rings (SSSR count). The molecule has 0 aromatic heterocycles. The van der Waals surface area contributed by atoms with Gasteiger partial charge in [-0.05, 0) is 13.3 Å². The fourth-order valence-electron chi connectivity index (χ4n) is 0.560. The Hall–Kier alpha value is -0.860. The number of hydrogen-bond donors (Lipinski definition) is 1. The lowest BCUT2D eigenvalue weighted by molar-refractivity contribution is -0.144. The molecule has 0 aliphatic heterocycles. The molecule has 57 valence electrons. The van der Waals surface area contributed by atoms with Gasteiger partial charge in [0.15, 0.2) is 0 Å². The Bertz CT molecular complexity index is 123. The number of esters is 1. The van der Waals surface area contributed by atoms with Crippen LogP contribution >= 0.6 is 0 Å². The first kappa shape index (κ1) is 9.14. The molecule has 0 amide bonds. The van der Waals surface area contributed by atoms with Gasteiger partial charge >= 0.3 is 5.97 Å². The quantitative estimate of drug-likeness (QED) is 0.471. The summed E-state index contributed by atoms with van der Waals surface area (Å²) >= 11 is 0. The Kier molecular flexibility index (Phi) is 4.54. The summed E-state index contributed by atoms with van der Waals surface area (Å²) < 4.78 is 4.58. The van der Waals surface area contributed by atoms with Crippen LogP contribution in [0.15, 0.2) is 0 Å². The van der Waals surface area contributed by atoms with E-state index in [0.29, 0.717) is 6.42 Å². The van der Waals surface area contributed by atoms with E-state index in [0.717, 1.165) is 6.21 Å². The highest BCUT2D eigenvalue weighted by molar-refractivity contribution is 5.88. The van der Waals surface area contributed by atoms with E-state index >= 15 is 0 Å². The van der Waals surface area contributed by atoms with Gasteiger partial charge in [-0.3, -0.25) is 4.79 Å². The fourth-order valence-corrected chi connectivity index (χ4v) is 0.560. The molecule has 0 aromatic carbocycles. The van der Waals surface area contributed by atoms with Crippen LogP contribution in [-0.2, 0) is 9.53 Å². The van der Waals surface area contributed by atoms with Gasteiger partial charge in [-0.25, -0.2) is 0 Å². The number of ether oxygens (including phenoxy) is 1. The molecule has 3 nitrogen and oxygen atoms in total. The molecule has 0 aromatic rings. The van der Waals surface area contributed by atoms with Crippen LogP contribution in [-0.4, -0.2) is 18.8 Å². The predicted molar refractivity (Wildman–Crippen MR) is 38.9 cm³/mol. The highest BCUT2D eigenvalue weighted by Gasteiger charge is 2.13. The van der Waals surface area contributed by atoms with Crippen LogP contribution in [0.3, 0.4) is 0 Å². The highest BCUT2D eigenvalue weighted by atomic mass is 16.5. The predicted octanol–water partition coefficient (Wildman–Crippen LogP) is 1.04. The summed E-state index contributed by atoms with van der Waals surface area (Å²) in [5.41, 5.74) is 0. The van der Waals surface area contributed by atoms with Crippen LogP contribution < -0.4 is 0 Å². The van der Waals surface area contributed by atoms with Crippen molar-refractivity contribution in [3.63, 3.8) is 0 Å². The van der Waals surface area contributed by atoms with Gasteiger partial charge < -0.3 is 10.1 Å². The van der Waals surface area contributed by atoms with Crippen molar-refractivity contribution in [3.8, 4) is 0 Å². The molecule has 3 heteroatoms. The summed E-state index contributed by atoms with van der Waals surface area (Å²) in [5, 5.41) is 6.82. The number of rotatable bonds is 4. The number of nitrogens with one attached hydrogen (secondary N) is 1. The van der Waals surface area contributed by atoms with Gasteiger partial charge in [-0.1, -0.05) is 6.92 Å². The van der Waals surface area contributed by atoms with Gasteiger partial charge in [-0.15, -0.1) is 0 Å². The van der Waals surface area contributed by atoms with E-state index in [1.54, 1.807) is 0 Å². The summed E-state index contributed by atoms with van der Waals surface area (Å²) in [7, 11) is 0. The van der Waals surface area contributed by atoms with Crippen LogP contribution in [0.25, 0.3) is 0 Å². The normalized spacial score (nSPS) is 12.2. The van der Waals surface area contributed by atoms with E-state index in [1.807, 2.05) is 6.92 Å². The van der Waals surface area contributed by atoms with Crippen molar-refractivity contribution < 1.29 is 9.53 Å². The summed E-state index contributed by atoms with van der Waals surface area (Å²) in [5.74, 6) is -0.741. The van der Waals surface area contributed by atoms with Crippen LogP contribution in [0, 0.1) is 18.3 Å². The molecule has 1 atom stereocenters. The van der Waals surface area contributed by atoms with E-state index in [2.05, 4.69) is 11.7 Å². The van der Waals surface area contributed by atoms with Gasteiger partial charge in [0.1, 0.15) is 0 Å². The van der Waals surface area contributed by atoms with Crippen LogP contribution in [0.4, 0.5) is 0 Å². The average Bonchev–Trinajstić information content (AvgIpc) is 1.91. The largest absolute Gasteiger partial charge is 0.465 e. The molecule has 0 aliphatic carbocycles. The molecule has 1 unspecified atom stereocenters. The second-order valence-electron chi connectivity index (χ2n) is 1.85. The standard InChI is InChI=1S/C7H12NO2/c1-3-6(5-8)7(9)10-4-2/h5-6,8H,2-4H2,1H3. The van der Waals surface area contributed by atoms with Crippen molar-refractivity contribution in [3.05, 3.63) is 6.92 Å². The summed E-state index contributed by atoms with van der Waals surface area (Å²) in [4.78, 5) is 10.8. The second-order valence-corrected chi connectivity index (χ2v) is 1.85. The summed E-state index contributed by atoms with van der Waals surface area (Å²) in [6.45, 7) is 5.33. The minimum atomic E-state index is -0.387. The Morgan fingerprint density at radius 1 is 1.90 bits per heavy atom. The maximum absolute atomic E-state index is 10.8. The number of carbonyl (C=O) groups is 1. The van der Waals surface area contributed by atoms with Gasteiger partial charge in [0.2, 0.25) is 0 Å². The zero-order valence-corrected chi connectivity index (χ0v) is 6.09. The smallest absolute Gasteiger partial charge is 0.314 e. The zero-order valence-electron chi connectivity index (χ0n) is 6.09. The summed E-state index contributed by atoms with van der Waals surface area (Å²) in [6, 6.07) is 0. The minimum absolute atomic E-state index is 0.142. The molecule has 1 N–H and O–H groups in total. The van der Waals surface area contributed by atoms with Crippen molar-refractivity contribution >= 4 is 12.2 Å². The maximum Gasteiger partial charge on any atom is 0.314 e. The Balaban J connectivity index is 3.76. The lowest BCUT2D eigenvalue weighted by atomic mass is 10.1. The molecule has 0 spiro atoms. The molecular weight excluding hydrogens is 130 g/mol. The third-order valence-electron chi connectivity index (χ3n) is 1.19. The Morgan fingerprint density at radius 3 is 2.80 bits per heavy atom. The fraction of sp³-hybridized carbons (Fsp3) is 0.571. The van der Waals surface area contributed by atoms with Crippen molar-refractivity contribution in [2.75, 3.05) is 6.61 Å². The molecule has 1 radical (unpaired) electrons. The topological polar surface area (TPSA) is 50.2 Å². The Labute approximate surface area is 60.9 Å². The molecular formula is C7H12NO2. The lowest BCUT2D eigenvalue weighted by Gasteiger charge is -2.05. The number of carbonyl (C=O) groups excluding carboxylic acids is 1. The SMILES string of the molecule is [CH2]COC(=O)C(C=N)CC. The number of hydrogen-bond acceptors (Lipinski definition) is 3. The first-order valence-electron chi connectivity index (χ1n) is 3.22.